The maximum atomic E-state index is 7.46. The van der Waals surface area contributed by atoms with Crippen LogP contribution in [0.25, 0.3) is 0 Å². The van der Waals surface area contributed by atoms with Crippen molar-refractivity contribution in [3.05, 3.63) is 59.7 Å². The molecule has 4 nitrogen and oxygen atoms in total. The standard InChI is InChI=1S/C21H26N2O2/c1-16(22)3-5-18-7-11-20(12-8-18)24-15-25-21-13-9-19(10-14-21)6-4-17(2)23/h7-14,22-23H,3-6,15H2,1-2H3. The average molecular weight is 338 g/mol. The minimum Gasteiger partial charge on any atom is -0.458 e. The van der Waals surface area contributed by atoms with Crippen LogP contribution in [0.15, 0.2) is 48.5 Å². The Morgan fingerprint density at radius 2 is 1.04 bits per heavy atom. The second-order valence-electron chi connectivity index (χ2n) is 6.26. The van der Waals surface area contributed by atoms with Gasteiger partial charge in [-0.05, 0) is 74.9 Å². The third-order valence-corrected chi connectivity index (χ3v) is 3.88. The summed E-state index contributed by atoms with van der Waals surface area (Å²) in [4.78, 5) is 0. The van der Waals surface area contributed by atoms with Crippen molar-refractivity contribution < 1.29 is 9.47 Å². The molecule has 0 unspecified atom stereocenters. The van der Waals surface area contributed by atoms with Crippen molar-refractivity contribution in [2.24, 2.45) is 0 Å². The number of rotatable bonds is 10. The van der Waals surface area contributed by atoms with Gasteiger partial charge in [-0.15, -0.1) is 0 Å². The molecule has 4 heteroatoms. The van der Waals surface area contributed by atoms with E-state index in [-0.39, 0.29) is 6.79 Å². The molecular formula is C21H26N2O2. The smallest absolute Gasteiger partial charge is 0.230 e. The predicted octanol–water partition coefficient (Wildman–Crippen LogP) is 5.05. The summed E-state index contributed by atoms with van der Waals surface area (Å²) in [6.45, 7) is 3.82. The maximum absolute atomic E-state index is 7.46. The van der Waals surface area contributed by atoms with Gasteiger partial charge in [0.1, 0.15) is 11.5 Å². The lowest BCUT2D eigenvalue weighted by molar-refractivity contribution is 0.120. The summed E-state index contributed by atoms with van der Waals surface area (Å²) in [7, 11) is 0. The second kappa shape index (κ2) is 9.62. The molecule has 2 aromatic rings. The first kappa shape index (κ1) is 18.7. The number of benzene rings is 2. The molecule has 0 saturated heterocycles. The molecule has 0 aromatic heterocycles. The largest absolute Gasteiger partial charge is 0.458 e. The highest BCUT2D eigenvalue weighted by molar-refractivity contribution is 5.79. The fraction of sp³-hybridized carbons (Fsp3) is 0.333. The molecule has 2 rings (SSSR count). The van der Waals surface area contributed by atoms with Gasteiger partial charge in [-0.25, -0.2) is 0 Å². The Morgan fingerprint density at radius 3 is 1.36 bits per heavy atom. The molecule has 0 aliphatic carbocycles. The quantitative estimate of drug-likeness (QED) is 0.470. The van der Waals surface area contributed by atoms with Gasteiger partial charge in [-0.3, -0.25) is 0 Å². The van der Waals surface area contributed by atoms with Crippen LogP contribution >= 0.6 is 0 Å². The average Bonchev–Trinajstić information content (AvgIpc) is 2.60. The first-order chi connectivity index (χ1) is 12.0. The van der Waals surface area contributed by atoms with Gasteiger partial charge in [0.15, 0.2) is 0 Å². The van der Waals surface area contributed by atoms with Gasteiger partial charge >= 0.3 is 0 Å². The van der Waals surface area contributed by atoms with Gasteiger partial charge in [0.05, 0.1) is 0 Å². The Labute approximate surface area is 149 Å². The Balaban J connectivity index is 1.74. The Hall–Kier alpha value is -2.62. The highest BCUT2D eigenvalue weighted by Gasteiger charge is 2.00. The maximum Gasteiger partial charge on any atom is 0.230 e. The number of nitrogens with one attached hydrogen (secondary N) is 2. The normalized spacial score (nSPS) is 10.3. The van der Waals surface area contributed by atoms with Gasteiger partial charge in [0, 0.05) is 11.4 Å². The van der Waals surface area contributed by atoms with Crippen molar-refractivity contribution in [2.45, 2.75) is 39.5 Å². The predicted molar refractivity (Wildman–Crippen MR) is 102 cm³/mol. The minimum absolute atomic E-state index is 0.165. The monoisotopic (exact) mass is 338 g/mol. The molecule has 2 N–H and O–H groups in total. The lowest BCUT2D eigenvalue weighted by Crippen LogP contribution is -2.05. The minimum atomic E-state index is 0.165. The molecule has 0 bridgehead atoms. The second-order valence-corrected chi connectivity index (χ2v) is 6.26. The molecule has 0 aliphatic heterocycles. The molecule has 132 valence electrons. The fourth-order valence-electron chi connectivity index (χ4n) is 2.33. The van der Waals surface area contributed by atoms with Crippen molar-refractivity contribution in [2.75, 3.05) is 6.79 Å². The highest BCUT2D eigenvalue weighted by atomic mass is 16.7. The van der Waals surface area contributed by atoms with Crippen LogP contribution in [0.5, 0.6) is 11.5 Å². The summed E-state index contributed by atoms with van der Waals surface area (Å²) in [6.07, 6.45) is 3.35. The fourth-order valence-corrected chi connectivity index (χ4v) is 2.33. The van der Waals surface area contributed by atoms with E-state index in [4.69, 9.17) is 20.3 Å². The van der Waals surface area contributed by atoms with E-state index in [0.717, 1.165) is 37.2 Å². The molecule has 0 aliphatic rings. The molecule has 0 spiro atoms. The van der Waals surface area contributed by atoms with E-state index >= 15 is 0 Å². The van der Waals surface area contributed by atoms with Crippen LogP contribution in [-0.4, -0.2) is 18.2 Å². The molecule has 0 fully saturated rings. The summed E-state index contributed by atoms with van der Waals surface area (Å²) in [5.74, 6) is 1.54. The third kappa shape index (κ3) is 7.21. The zero-order chi connectivity index (χ0) is 18.1. The lowest BCUT2D eigenvalue weighted by atomic mass is 10.1. The molecule has 0 heterocycles. The molecule has 0 atom stereocenters. The summed E-state index contributed by atoms with van der Waals surface area (Å²) >= 11 is 0. The zero-order valence-electron chi connectivity index (χ0n) is 15.0. The first-order valence-corrected chi connectivity index (χ1v) is 8.54. The van der Waals surface area contributed by atoms with Crippen LogP contribution in [-0.2, 0) is 12.8 Å². The van der Waals surface area contributed by atoms with Gasteiger partial charge in [-0.2, -0.15) is 0 Å². The molecule has 0 radical (unpaired) electrons. The SMILES string of the molecule is CC(=N)CCc1ccc(OCOc2ccc(CCC(C)=N)cc2)cc1. The van der Waals surface area contributed by atoms with Gasteiger partial charge in [0.2, 0.25) is 6.79 Å². The Kier molecular flexibility index (Phi) is 7.20. The first-order valence-electron chi connectivity index (χ1n) is 8.54. The topological polar surface area (TPSA) is 66.2 Å². The number of ether oxygens (including phenoxy) is 2. The van der Waals surface area contributed by atoms with Gasteiger partial charge < -0.3 is 20.3 Å². The van der Waals surface area contributed by atoms with E-state index in [0.29, 0.717) is 11.4 Å². The summed E-state index contributed by atoms with van der Waals surface area (Å²) < 4.78 is 11.2. The van der Waals surface area contributed by atoms with Crippen LogP contribution in [0.1, 0.15) is 37.8 Å². The van der Waals surface area contributed by atoms with Crippen LogP contribution < -0.4 is 9.47 Å². The van der Waals surface area contributed by atoms with E-state index in [9.17, 15) is 0 Å². The molecule has 25 heavy (non-hydrogen) atoms. The van der Waals surface area contributed by atoms with E-state index in [1.54, 1.807) is 0 Å². The molecule has 0 saturated carbocycles. The van der Waals surface area contributed by atoms with E-state index < -0.39 is 0 Å². The van der Waals surface area contributed by atoms with Crippen LogP contribution in [0.4, 0.5) is 0 Å². The number of hydrogen-bond donors (Lipinski definition) is 2. The van der Waals surface area contributed by atoms with E-state index in [1.165, 1.54) is 11.1 Å². The number of hydrogen-bond acceptors (Lipinski definition) is 4. The van der Waals surface area contributed by atoms with Crippen molar-refractivity contribution >= 4 is 11.4 Å². The summed E-state index contributed by atoms with van der Waals surface area (Å²) in [6, 6.07) is 15.8. The van der Waals surface area contributed by atoms with Gasteiger partial charge in [-0.1, -0.05) is 24.3 Å². The van der Waals surface area contributed by atoms with Gasteiger partial charge in [0.25, 0.3) is 0 Å². The van der Waals surface area contributed by atoms with Crippen molar-refractivity contribution in [3.8, 4) is 11.5 Å². The lowest BCUT2D eigenvalue weighted by Gasteiger charge is -2.10. The van der Waals surface area contributed by atoms with Crippen LogP contribution in [0.2, 0.25) is 0 Å². The molecular weight excluding hydrogens is 312 g/mol. The van der Waals surface area contributed by atoms with Crippen molar-refractivity contribution in [1.29, 1.82) is 10.8 Å². The molecule has 2 aromatic carbocycles. The Morgan fingerprint density at radius 1 is 0.680 bits per heavy atom. The summed E-state index contributed by atoms with van der Waals surface area (Å²) in [5, 5.41) is 14.9. The van der Waals surface area contributed by atoms with Crippen LogP contribution in [0.3, 0.4) is 0 Å². The number of aryl methyl sites for hydroxylation is 2. The Bertz CT molecular complexity index is 629. The van der Waals surface area contributed by atoms with Crippen LogP contribution in [0, 0.1) is 10.8 Å². The van der Waals surface area contributed by atoms with E-state index in [1.807, 2.05) is 62.4 Å². The highest BCUT2D eigenvalue weighted by Crippen LogP contribution is 2.16. The van der Waals surface area contributed by atoms with E-state index in [2.05, 4.69) is 0 Å². The molecule has 0 amide bonds. The summed E-state index contributed by atoms with van der Waals surface area (Å²) in [5.41, 5.74) is 3.81. The zero-order valence-corrected chi connectivity index (χ0v) is 15.0. The van der Waals surface area contributed by atoms with Crippen molar-refractivity contribution in [1.82, 2.24) is 0 Å². The third-order valence-electron chi connectivity index (χ3n) is 3.88. The van der Waals surface area contributed by atoms with Crippen molar-refractivity contribution in [3.63, 3.8) is 0 Å².